The van der Waals surface area contributed by atoms with Gasteiger partial charge in [-0.3, -0.25) is 14.8 Å². The van der Waals surface area contributed by atoms with Crippen molar-refractivity contribution in [2.45, 2.75) is 32.7 Å². The molecule has 0 fully saturated rings. The van der Waals surface area contributed by atoms with Gasteiger partial charge < -0.3 is 15.2 Å². The molecule has 0 saturated heterocycles. The van der Waals surface area contributed by atoms with Crippen LogP contribution in [0.4, 0.5) is 11.5 Å². The molecule has 0 saturated carbocycles. The number of anilines is 2. The molecule has 0 atom stereocenters. The Balaban J connectivity index is 1.53. The van der Waals surface area contributed by atoms with Gasteiger partial charge in [0.05, 0.1) is 17.2 Å². The Morgan fingerprint density at radius 2 is 2.03 bits per heavy atom. The number of nitriles is 1. The second kappa shape index (κ2) is 8.89. The minimum Gasteiger partial charge on any atom is -0.369 e. The van der Waals surface area contributed by atoms with Crippen molar-refractivity contribution in [3.8, 4) is 28.6 Å². The highest BCUT2D eigenvalue weighted by Gasteiger charge is 2.24. The molecular formula is C27H26N8O. The molecule has 9 heteroatoms. The van der Waals surface area contributed by atoms with Crippen LogP contribution in [-0.4, -0.2) is 39.0 Å². The normalized spacial score (nSPS) is 13.2. The van der Waals surface area contributed by atoms with E-state index in [-0.39, 0.29) is 5.91 Å². The molecule has 0 spiro atoms. The van der Waals surface area contributed by atoms with Crippen LogP contribution >= 0.6 is 0 Å². The summed E-state index contributed by atoms with van der Waals surface area (Å²) in [5.41, 5.74) is 5.35. The monoisotopic (exact) mass is 478 g/mol. The lowest BCUT2D eigenvalue weighted by atomic mass is 9.90. The second-order valence-electron chi connectivity index (χ2n) is 9.31. The van der Waals surface area contributed by atoms with Gasteiger partial charge in [-0.25, -0.2) is 4.98 Å². The van der Waals surface area contributed by atoms with Crippen LogP contribution in [-0.2, 0) is 12.0 Å². The highest BCUT2D eigenvalue weighted by Crippen LogP contribution is 2.38. The van der Waals surface area contributed by atoms with Crippen molar-refractivity contribution < 1.29 is 4.79 Å². The van der Waals surface area contributed by atoms with Crippen molar-refractivity contribution in [2.24, 2.45) is 4.99 Å². The lowest BCUT2D eigenvalue weighted by molar-refractivity contribution is 0.102. The van der Waals surface area contributed by atoms with E-state index in [0.29, 0.717) is 22.6 Å². The maximum atomic E-state index is 13.1. The average molecular weight is 479 g/mol. The summed E-state index contributed by atoms with van der Waals surface area (Å²) in [7, 11) is 1.68. The van der Waals surface area contributed by atoms with Crippen molar-refractivity contribution in [3.05, 3.63) is 71.2 Å². The quantitative estimate of drug-likeness (QED) is 0.461. The third-order valence-corrected chi connectivity index (χ3v) is 6.42. The molecule has 36 heavy (non-hydrogen) atoms. The number of fused-ring (bicyclic) bond motifs is 3. The van der Waals surface area contributed by atoms with Gasteiger partial charge in [-0.1, -0.05) is 6.07 Å². The van der Waals surface area contributed by atoms with Crippen molar-refractivity contribution in [3.63, 3.8) is 0 Å². The Kier molecular flexibility index (Phi) is 5.72. The van der Waals surface area contributed by atoms with E-state index < -0.39 is 5.41 Å². The molecular weight excluding hydrogens is 452 g/mol. The molecule has 0 bridgehead atoms. The Bertz CT molecular complexity index is 1580. The number of pyridine rings is 2. The predicted octanol–water partition coefficient (Wildman–Crippen LogP) is 3.76. The Labute approximate surface area is 208 Å². The Morgan fingerprint density at radius 3 is 2.81 bits per heavy atom. The number of amides is 1. The first-order chi connectivity index (χ1) is 17.3. The third kappa shape index (κ3) is 4.07. The van der Waals surface area contributed by atoms with Gasteiger partial charge in [0.2, 0.25) is 5.62 Å². The van der Waals surface area contributed by atoms with Gasteiger partial charge in [-0.15, -0.1) is 0 Å². The maximum Gasteiger partial charge on any atom is 0.255 e. The van der Waals surface area contributed by atoms with E-state index in [1.54, 1.807) is 45.4 Å². The van der Waals surface area contributed by atoms with Crippen LogP contribution in [0.25, 0.3) is 22.5 Å². The van der Waals surface area contributed by atoms with Gasteiger partial charge in [-0.05, 0) is 62.2 Å². The highest BCUT2D eigenvalue weighted by atomic mass is 16.1. The van der Waals surface area contributed by atoms with Crippen LogP contribution in [0, 0.1) is 18.3 Å². The van der Waals surface area contributed by atoms with Gasteiger partial charge in [0.15, 0.2) is 0 Å². The van der Waals surface area contributed by atoms with Crippen LogP contribution in [0.15, 0.2) is 53.8 Å². The molecule has 2 N–H and O–H groups in total. The van der Waals surface area contributed by atoms with Crippen molar-refractivity contribution >= 4 is 17.4 Å². The van der Waals surface area contributed by atoms with E-state index in [9.17, 15) is 10.1 Å². The van der Waals surface area contributed by atoms with Crippen molar-refractivity contribution in [2.75, 3.05) is 24.2 Å². The number of rotatable bonds is 4. The van der Waals surface area contributed by atoms with Crippen LogP contribution < -0.4 is 16.3 Å². The summed E-state index contributed by atoms with van der Waals surface area (Å²) in [6, 6.07) is 13.5. The molecule has 1 aromatic heterocycles. The van der Waals surface area contributed by atoms with E-state index in [1.165, 1.54) is 0 Å². The summed E-state index contributed by atoms with van der Waals surface area (Å²) in [4.78, 5) is 30.4. The number of hydrogen-bond donors (Lipinski definition) is 2. The smallest absolute Gasteiger partial charge is 0.255 e. The molecule has 9 nitrogen and oxygen atoms in total. The van der Waals surface area contributed by atoms with E-state index in [1.807, 2.05) is 25.1 Å². The van der Waals surface area contributed by atoms with Gasteiger partial charge >= 0.3 is 0 Å². The Morgan fingerprint density at radius 1 is 1.19 bits per heavy atom. The van der Waals surface area contributed by atoms with Crippen LogP contribution in [0.3, 0.4) is 0 Å². The molecule has 4 heterocycles. The number of hydrogen-bond acceptors (Lipinski definition) is 7. The minimum atomic E-state index is -0.788. The minimum absolute atomic E-state index is 0.261. The zero-order valence-corrected chi connectivity index (χ0v) is 20.6. The number of benzene rings is 1. The summed E-state index contributed by atoms with van der Waals surface area (Å²) in [6.45, 7) is 7.19. The second-order valence-corrected chi connectivity index (χ2v) is 9.31. The fraction of sp³-hybridized carbons (Fsp3) is 0.259. The van der Waals surface area contributed by atoms with E-state index >= 15 is 0 Å². The molecule has 5 rings (SSSR count). The number of aromatic nitrogens is 4. The first kappa shape index (κ1) is 23.2. The first-order valence-corrected chi connectivity index (χ1v) is 11.7. The zero-order chi connectivity index (χ0) is 25.4. The van der Waals surface area contributed by atoms with Gasteiger partial charge in [0.25, 0.3) is 5.91 Å². The molecule has 2 aromatic rings. The molecule has 1 amide bonds. The molecule has 180 valence electrons. The SMILES string of the molecule is CN=c1ncc2cc(-c3cc(NC(=O)c4ccnc(C(C)(C)C#N)c4)ccc3C)c3n(c-2n1)CCN3. The Hall–Kier alpha value is -4.58. The topological polar surface area (TPSA) is 121 Å². The fourth-order valence-electron chi connectivity index (χ4n) is 4.34. The molecule has 3 aliphatic rings. The maximum absolute atomic E-state index is 13.1. The number of carbonyl (C=O) groups is 1. The predicted molar refractivity (Wildman–Crippen MR) is 138 cm³/mol. The van der Waals surface area contributed by atoms with E-state index in [0.717, 1.165) is 47.0 Å². The van der Waals surface area contributed by atoms with Crippen molar-refractivity contribution in [1.29, 1.82) is 5.26 Å². The summed E-state index contributed by atoms with van der Waals surface area (Å²) in [5, 5.41) is 15.9. The van der Waals surface area contributed by atoms with E-state index in [4.69, 9.17) is 0 Å². The van der Waals surface area contributed by atoms with E-state index in [2.05, 4.69) is 47.3 Å². The van der Waals surface area contributed by atoms with Gasteiger partial charge in [-0.2, -0.15) is 10.2 Å². The molecule has 0 aliphatic carbocycles. The number of nitrogens with one attached hydrogen (secondary N) is 2. The zero-order valence-electron chi connectivity index (χ0n) is 20.6. The number of aryl methyl sites for hydroxylation is 1. The van der Waals surface area contributed by atoms with Crippen molar-refractivity contribution in [1.82, 2.24) is 19.5 Å². The summed E-state index contributed by atoms with van der Waals surface area (Å²) < 4.78 is 2.15. The first-order valence-electron chi connectivity index (χ1n) is 11.7. The molecule has 0 radical (unpaired) electrons. The lowest BCUT2D eigenvalue weighted by Crippen LogP contribution is -2.18. The molecule has 0 unspecified atom stereocenters. The van der Waals surface area contributed by atoms with Crippen LogP contribution in [0.5, 0.6) is 0 Å². The van der Waals surface area contributed by atoms with Crippen LogP contribution in [0.2, 0.25) is 0 Å². The summed E-state index contributed by atoms with van der Waals surface area (Å²) >= 11 is 0. The third-order valence-electron chi connectivity index (χ3n) is 6.42. The summed E-state index contributed by atoms with van der Waals surface area (Å²) in [6.07, 6.45) is 3.36. The standard InChI is InChI=1S/C27H26N8O/c1-16-5-6-19(33-25(36)17-7-8-30-22(12-17)27(2,3)15-28)13-20(16)21-11-18-14-32-26(29-4)34-23(18)35-10-9-31-24(21)35/h5-8,11-14,31H,9-10H2,1-4H3,(H,33,36). The number of carbonyl (C=O) groups excluding carboxylic acids is 1. The largest absolute Gasteiger partial charge is 0.369 e. The molecule has 1 aromatic carbocycles. The van der Waals surface area contributed by atoms with Crippen LogP contribution in [0.1, 0.15) is 35.5 Å². The fourth-order valence-corrected chi connectivity index (χ4v) is 4.34. The lowest BCUT2D eigenvalue weighted by Gasteiger charge is -2.19. The highest BCUT2D eigenvalue weighted by molar-refractivity contribution is 6.04. The molecule has 3 aliphatic heterocycles. The van der Waals surface area contributed by atoms with Gasteiger partial charge in [0, 0.05) is 54.9 Å². The average Bonchev–Trinajstić information content (AvgIpc) is 3.39. The summed E-state index contributed by atoms with van der Waals surface area (Å²) in [5.74, 6) is 1.56. The van der Waals surface area contributed by atoms with Gasteiger partial charge in [0.1, 0.15) is 11.6 Å². The number of nitrogens with zero attached hydrogens (tertiary/aromatic N) is 6.